The maximum Gasteiger partial charge on any atom is 0.573 e. The SMILES string of the molecule is COc1cc(N2CCN3C=CCC3C2)cc2c1C(=O)N(Cc1ccc(OC(F)(F)F)cc1)C2. The van der Waals surface area contributed by atoms with E-state index in [9.17, 15) is 18.0 Å². The molecule has 0 radical (unpaired) electrons. The second kappa shape index (κ2) is 8.20. The van der Waals surface area contributed by atoms with Crippen LogP contribution in [-0.2, 0) is 13.1 Å². The van der Waals surface area contributed by atoms with Gasteiger partial charge in [0.05, 0.1) is 12.7 Å². The Morgan fingerprint density at radius 2 is 1.91 bits per heavy atom. The number of hydrogen-bond acceptors (Lipinski definition) is 5. The molecule has 5 rings (SSSR count). The lowest BCUT2D eigenvalue weighted by molar-refractivity contribution is -0.274. The Bertz CT molecular complexity index is 1080. The second-order valence-electron chi connectivity index (χ2n) is 8.49. The number of methoxy groups -OCH3 is 1. The predicted octanol–water partition coefficient (Wildman–Crippen LogP) is 4.16. The van der Waals surface area contributed by atoms with E-state index < -0.39 is 6.36 Å². The number of benzene rings is 2. The molecule has 174 valence electrons. The molecule has 0 aliphatic carbocycles. The molecule has 0 aromatic heterocycles. The Balaban J connectivity index is 1.32. The lowest BCUT2D eigenvalue weighted by Crippen LogP contribution is -2.49. The molecule has 0 bridgehead atoms. The number of fused-ring (bicyclic) bond motifs is 2. The van der Waals surface area contributed by atoms with E-state index in [0.717, 1.165) is 42.9 Å². The number of halogens is 3. The van der Waals surface area contributed by atoms with Crippen LogP contribution in [-0.4, -0.2) is 54.9 Å². The fourth-order valence-electron chi connectivity index (χ4n) is 4.81. The van der Waals surface area contributed by atoms with E-state index in [1.807, 2.05) is 6.07 Å². The molecule has 3 heterocycles. The van der Waals surface area contributed by atoms with E-state index >= 15 is 0 Å². The first-order chi connectivity index (χ1) is 15.8. The van der Waals surface area contributed by atoms with E-state index in [2.05, 4.69) is 32.9 Å². The van der Waals surface area contributed by atoms with Gasteiger partial charge in [-0.2, -0.15) is 0 Å². The van der Waals surface area contributed by atoms with Crippen LogP contribution in [0.15, 0.2) is 48.7 Å². The van der Waals surface area contributed by atoms with Crippen molar-refractivity contribution in [3.05, 3.63) is 65.4 Å². The maximum absolute atomic E-state index is 13.1. The van der Waals surface area contributed by atoms with E-state index in [4.69, 9.17) is 4.74 Å². The van der Waals surface area contributed by atoms with Crippen LogP contribution in [0.2, 0.25) is 0 Å². The molecule has 0 spiro atoms. The van der Waals surface area contributed by atoms with Gasteiger partial charge in [-0.05, 0) is 41.9 Å². The third kappa shape index (κ3) is 4.31. The second-order valence-corrected chi connectivity index (χ2v) is 8.49. The third-order valence-electron chi connectivity index (χ3n) is 6.38. The Morgan fingerprint density at radius 1 is 1.12 bits per heavy atom. The number of ether oxygens (including phenoxy) is 2. The highest BCUT2D eigenvalue weighted by Crippen LogP contribution is 2.37. The van der Waals surface area contributed by atoms with Gasteiger partial charge in [0, 0.05) is 50.5 Å². The zero-order valence-electron chi connectivity index (χ0n) is 18.1. The van der Waals surface area contributed by atoms with E-state index in [-0.39, 0.29) is 18.2 Å². The molecular weight excluding hydrogens is 435 g/mol. The Kier molecular flexibility index (Phi) is 5.34. The minimum absolute atomic E-state index is 0.145. The fraction of sp³-hybridized carbons (Fsp3) is 0.375. The van der Waals surface area contributed by atoms with Crippen LogP contribution in [0.5, 0.6) is 11.5 Å². The number of carbonyl (C=O) groups is 1. The average Bonchev–Trinajstić information content (AvgIpc) is 3.37. The molecule has 0 N–H and O–H groups in total. The van der Waals surface area contributed by atoms with Crippen molar-refractivity contribution < 1.29 is 27.4 Å². The summed E-state index contributed by atoms with van der Waals surface area (Å²) in [6.45, 7) is 3.47. The molecule has 6 nitrogen and oxygen atoms in total. The topological polar surface area (TPSA) is 45.2 Å². The number of hydrogen-bond donors (Lipinski definition) is 0. The molecular formula is C24H24F3N3O3. The normalized spacial score (nSPS) is 19.7. The molecule has 9 heteroatoms. The van der Waals surface area contributed by atoms with Gasteiger partial charge in [0.15, 0.2) is 0 Å². The molecule has 2 aromatic rings. The fourth-order valence-corrected chi connectivity index (χ4v) is 4.81. The first kappa shape index (κ1) is 21.5. The smallest absolute Gasteiger partial charge is 0.496 e. The average molecular weight is 459 g/mol. The van der Waals surface area contributed by atoms with Crippen molar-refractivity contribution in [3.8, 4) is 11.5 Å². The van der Waals surface area contributed by atoms with E-state index in [1.165, 1.54) is 24.3 Å². The highest BCUT2D eigenvalue weighted by atomic mass is 19.4. The molecule has 0 saturated carbocycles. The summed E-state index contributed by atoms with van der Waals surface area (Å²) in [5.41, 5.74) is 3.22. The van der Waals surface area contributed by atoms with E-state index in [0.29, 0.717) is 23.9 Å². The van der Waals surface area contributed by atoms with Crippen molar-refractivity contribution in [2.75, 3.05) is 31.6 Å². The summed E-state index contributed by atoms with van der Waals surface area (Å²) in [5, 5.41) is 0. The summed E-state index contributed by atoms with van der Waals surface area (Å²) in [4.78, 5) is 19.5. The molecule has 2 aromatic carbocycles. The van der Waals surface area contributed by atoms with Crippen molar-refractivity contribution >= 4 is 11.6 Å². The standard InChI is InChI=1S/C24H24F3N3O3/c1-32-21-12-19(29-10-9-28-8-2-3-18(28)15-29)11-17-14-30(23(31)22(17)21)13-16-4-6-20(7-5-16)33-24(25,26)27/h2,4-8,11-12,18H,3,9-10,13-15H2,1H3. The van der Waals surface area contributed by atoms with Gasteiger partial charge < -0.3 is 24.2 Å². The van der Waals surface area contributed by atoms with Gasteiger partial charge >= 0.3 is 6.36 Å². The number of amides is 1. The van der Waals surface area contributed by atoms with Gasteiger partial charge in [-0.25, -0.2) is 0 Å². The lowest BCUT2D eigenvalue weighted by Gasteiger charge is -2.39. The van der Waals surface area contributed by atoms with Crippen LogP contribution in [0, 0.1) is 0 Å². The van der Waals surface area contributed by atoms with Crippen molar-refractivity contribution in [1.82, 2.24) is 9.80 Å². The van der Waals surface area contributed by atoms with Crippen molar-refractivity contribution in [3.63, 3.8) is 0 Å². The quantitative estimate of drug-likeness (QED) is 0.672. The number of nitrogens with zero attached hydrogens (tertiary/aromatic N) is 3. The Hall–Kier alpha value is -3.36. The van der Waals surface area contributed by atoms with Crippen molar-refractivity contribution in [1.29, 1.82) is 0 Å². The molecule has 1 unspecified atom stereocenters. The largest absolute Gasteiger partial charge is 0.573 e. The molecule has 1 amide bonds. The maximum atomic E-state index is 13.1. The highest BCUT2D eigenvalue weighted by molar-refractivity contribution is 6.01. The minimum Gasteiger partial charge on any atom is -0.496 e. The number of alkyl halides is 3. The Morgan fingerprint density at radius 3 is 2.64 bits per heavy atom. The van der Waals surface area contributed by atoms with Crippen LogP contribution in [0.25, 0.3) is 0 Å². The Labute approximate surface area is 189 Å². The van der Waals surface area contributed by atoms with Gasteiger partial charge in [-0.15, -0.1) is 13.2 Å². The summed E-state index contributed by atoms with van der Waals surface area (Å²) in [6.07, 6.45) is 0.681. The molecule has 3 aliphatic rings. The van der Waals surface area contributed by atoms with Gasteiger partial charge in [0.2, 0.25) is 0 Å². The minimum atomic E-state index is -4.73. The van der Waals surface area contributed by atoms with Crippen LogP contribution in [0.1, 0.15) is 27.9 Å². The van der Waals surface area contributed by atoms with Crippen molar-refractivity contribution in [2.24, 2.45) is 0 Å². The number of anilines is 1. The molecule has 3 aliphatic heterocycles. The lowest BCUT2D eigenvalue weighted by atomic mass is 10.1. The predicted molar refractivity (Wildman–Crippen MR) is 116 cm³/mol. The zero-order valence-corrected chi connectivity index (χ0v) is 18.1. The number of carbonyl (C=O) groups excluding carboxylic acids is 1. The summed E-state index contributed by atoms with van der Waals surface area (Å²) < 4.78 is 46.6. The van der Waals surface area contributed by atoms with Gasteiger partial charge in [-0.1, -0.05) is 18.2 Å². The first-order valence-electron chi connectivity index (χ1n) is 10.8. The molecule has 1 atom stereocenters. The monoisotopic (exact) mass is 459 g/mol. The third-order valence-corrected chi connectivity index (χ3v) is 6.38. The van der Waals surface area contributed by atoms with Crippen LogP contribution in [0.4, 0.5) is 18.9 Å². The summed E-state index contributed by atoms with van der Waals surface area (Å²) in [6, 6.07) is 10.1. The summed E-state index contributed by atoms with van der Waals surface area (Å²) in [5.74, 6) is 0.121. The summed E-state index contributed by atoms with van der Waals surface area (Å²) >= 11 is 0. The summed E-state index contributed by atoms with van der Waals surface area (Å²) in [7, 11) is 1.56. The molecule has 1 saturated heterocycles. The van der Waals surface area contributed by atoms with Crippen molar-refractivity contribution in [2.45, 2.75) is 31.9 Å². The van der Waals surface area contributed by atoms with Crippen LogP contribution < -0.4 is 14.4 Å². The zero-order chi connectivity index (χ0) is 23.2. The molecule has 33 heavy (non-hydrogen) atoms. The van der Waals surface area contributed by atoms with Gasteiger partial charge in [-0.3, -0.25) is 4.79 Å². The highest BCUT2D eigenvalue weighted by Gasteiger charge is 2.34. The molecule has 1 fully saturated rings. The van der Waals surface area contributed by atoms with Gasteiger partial charge in [0.25, 0.3) is 5.91 Å². The van der Waals surface area contributed by atoms with Gasteiger partial charge in [0.1, 0.15) is 11.5 Å². The number of rotatable bonds is 5. The number of piperazine rings is 1. The van der Waals surface area contributed by atoms with Crippen LogP contribution >= 0.6 is 0 Å². The van der Waals surface area contributed by atoms with E-state index in [1.54, 1.807) is 12.0 Å². The first-order valence-corrected chi connectivity index (χ1v) is 10.8. The van der Waals surface area contributed by atoms with Crippen LogP contribution in [0.3, 0.4) is 0 Å².